The number of carboxylic acids is 1. The van der Waals surface area contributed by atoms with Crippen LogP contribution in [0.25, 0.3) is 0 Å². The molecular weight excluding hydrogens is 264 g/mol. The molecule has 0 aromatic carbocycles. The van der Waals surface area contributed by atoms with Crippen LogP contribution in [-0.4, -0.2) is 58.2 Å². The number of aliphatic carboxylic acids is 1. The van der Waals surface area contributed by atoms with Crippen molar-refractivity contribution in [1.29, 1.82) is 0 Å². The second-order valence-corrected chi connectivity index (χ2v) is 5.28. The van der Waals surface area contributed by atoms with E-state index in [0.29, 0.717) is 19.5 Å². The fourth-order valence-electron chi connectivity index (χ4n) is 2.71. The van der Waals surface area contributed by atoms with Gasteiger partial charge in [-0.2, -0.15) is 0 Å². The largest absolute Gasteiger partial charge is 0.481 e. The Hall–Kier alpha value is -1.92. The predicted octanol–water partition coefficient (Wildman–Crippen LogP) is -0.151. The molecule has 0 aromatic rings. The van der Waals surface area contributed by atoms with E-state index in [2.05, 4.69) is 0 Å². The van der Waals surface area contributed by atoms with Crippen LogP contribution in [0.1, 0.15) is 32.1 Å². The molecule has 2 fully saturated rings. The molecule has 2 aliphatic heterocycles. The van der Waals surface area contributed by atoms with Crippen molar-refractivity contribution in [2.45, 2.75) is 32.1 Å². The molecule has 2 heterocycles. The van der Waals surface area contributed by atoms with Crippen molar-refractivity contribution in [3.05, 3.63) is 0 Å². The summed E-state index contributed by atoms with van der Waals surface area (Å²) in [4.78, 5) is 48.2. The molecule has 0 bridgehead atoms. The van der Waals surface area contributed by atoms with E-state index in [-0.39, 0.29) is 55.9 Å². The third-order valence-electron chi connectivity index (χ3n) is 3.81. The minimum Gasteiger partial charge on any atom is -0.481 e. The number of hydrogen-bond donors (Lipinski definition) is 1. The maximum Gasteiger partial charge on any atom is 0.303 e. The lowest BCUT2D eigenvalue weighted by atomic mass is 10.1. The first kappa shape index (κ1) is 14.5. The Morgan fingerprint density at radius 1 is 1.20 bits per heavy atom. The van der Waals surface area contributed by atoms with Gasteiger partial charge in [0.05, 0.1) is 0 Å². The van der Waals surface area contributed by atoms with Crippen molar-refractivity contribution in [2.24, 2.45) is 5.92 Å². The Labute approximate surface area is 116 Å². The van der Waals surface area contributed by atoms with Gasteiger partial charge in [0.1, 0.15) is 0 Å². The first-order chi connectivity index (χ1) is 9.47. The Morgan fingerprint density at radius 2 is 1.85 bits per heavy atom. The number of imide groups is 1. The predicted molar refractivity (Wildman–Crippen MR) is 67.5 cm³/mol. The molecule has 0 aliphatic carbocycles. The fourth-order valence-corrected chi connectivity index (χ4v) is 2.71. The zero-order valence-corrected chi connectivity index (χ0v) is 11.2. The molecule has 20 heavy (non-hydrogen) atoms. The lowest BCUT2D eigenvalue weighted by Gasteiger charge is -2.18. The third-order valence-corrected chi connectivity index (χ3v) is 3.81. The molecule has 2 saturated heterocycles. The number of carboxylic acid groups (broad SMARTS) is 1. The molecule has 1 unspecified atom stereocenters. The van der Waals surface area contributed by atoms with E-state index in [1.807, 2.05) is 0 Å². The van der Waals surface area contributed by atoms with Crippen LogP contribution < -0.4 is 0 Å². The van der Waals surface area contributed by atoms with E-state index in [1.54, 1.807) is 4.90 Å². The molecular formula is C13H18N2O5. The monoisotopic (exact) mass is 282 g/mol. The smallest absolute Gasteiger partial charge is 0.303 e. The van der Waals surface area contributed by atoms with Gasteiger partial charge in [0, 0.05) is 45.3 Å². The standard InChI is InChI=1S/C13H18N2O5/c16-10(4-6-15-11(17)1-2-12(15)18)14-5-3-9(8-14)7-13(19)20/h9H,1-8H2,(H,19,20). The summed E-state index contributed by atoms with van der Waals surface area (Å²) in [5.41, 5.74) is 0. The Bertz CT molecular complexity index is 432. The molecule has 1 atom stereocenters. The number of amides is 3. The summed E-state index contributed by atoms with van der Waals surface area (Å²) in [6.45, 7) is 1.14. The van der Waals surface area contributed by atoms with Crippen molar-refractivity contribution in [1.82, 2.24) is 9.80 Å². The van der Waals surface area contributed by atoms with Crippen LogP contribution in [0.2, 0.25) is 0 Å². The van der Waals surface area contributed by atoms with Gasteiger partial charge in [-0.15, -0.1) is 0 Å². The number of rotatable bonds is 5. The average Bonchev–Trinajstić information content (AvgIpc) is 2.95. The van der Waals surface area contributed by atoms with Crippen molar-refractivity contribution >= 4 is 23.7 Å². The lowest BCUT2D eigenvalue weighted by Crippen LogP contribution is -2.35. The van der Waals surface area contributed by atoms with Gasteiger partial charge >= 0.3 is 5.97 Å². The van der Waals surface area contributed by atoms with Gasteiger partial charge < -0.3 is 10.0 Å². The minimum absolute atomic E-state index is 0.00602. The maximum atomic E-state index is 12.0. The van der Waals surface area contributed by atoms with Crippen molar-refractivity contribution in [3.8, 4) is 0 Å². The van der Waals surface area contributed by atoms with E-state index in [4.69, 9.17) is 5.11 Å². The first-order valence-electron chi connectivity index (χ1n) is 6.80. The van der Waals surface area contributed by atoms with E-state index in [9.17, 15) is 19.2 Å². The number of carbonyl (C=O) groups excluding carboxylic acids is 3. The van der Waals surface area contributed by atoms with Crippen LogP contribution >= 0.6 is 0 Å². The molecule has 0 aromatic heterocycles. The van der Waals surface area contributed by atoms with Gasteiger partial charge in [0.2, 0.25) is 17.7 Å². The van der Waals surface area contributed by atoms with Gasteiger partial charge in [0.25, 0.3) is 0 Å². The van der Waals surface area contributed by atoms with E-state index < -0.39 is 5.97 Å². The highest BCUT2D eigenvalue weighted by Gasteiger charge is 2.31. The van der Waals surface area contributed by atoms with Crippen molar-refractivity contribution in [3.63, 3.8) is 0 Å². The Morgan fingerprint density at radius 3 is 2.45 bits per heavy atom. The first-order valence-corrected chi connectivity index (χ1v) is 6.80. The van der Waals surface area contributed by atoms with Crippen LogP contribution in [0.4, 0.5) is 0 Å². The Balaban J connectivity index is 1.77. The van der Waals surface area contributed by atoms with E-state index >= 15 is 0 Å². The molecule has 1 N–H and O–H groups in total. The summed E-state index contributed by atoms with van der Waals surface area (Å²) < 4.78 is 0. The van der Waals surface area contributed by atoms with Crippen LogP contribution in [0.5, 0.6) is 0 Å². The van der Waals surface area contributed by atoms with Gasteiger partial charge in [-0.1, -0.05) is 0 Å². The highest BCUT2D eigenvalue weighted by atomic mass is 16.4. The normalized spacial score (nSPS) is 22.7. The van der Waals surface area contributed by atoms with E-state index in [0.717, 1.165) is 4.90 Å². The summed E-state index contributed by atoms with van der Waals surface area (Å²) >= 11 is 0. The molecule has 0 saturated carbocycles. The summed E-state index contributed by atoms with van der Waals surface area (Å²) in [6.07, 6.45) is 1.36. The van der Waals surface area contributed by atoms with Crippen LogP contribution in [0, 0.1) is 5.92 Å². The zero-order chi connectivity index (χ0) is 14.7. The number of hydrogen-bond acceptors (Lipinski definition) is 4. The molecule has 3 amide bonds. The third kappa shape index (κ3) is 3.34. The van der Waals surface area contributed by atoms with Gasteiger partial charge in [-0.25, -0.2) is 0 Å². The number of likely N-dealkylation sites (tertiary alicyclic amines) is 2. The van der Waals surface area contributed by atoms with Crippen molar-refractivity contribution in [2.75, 3.05) is 19.6 Å². The summed E-state index contributed by atoms with van der Waals surface area (Å²) in [7, 11) is 0. The van der Waals surface area contributed by atoms with Crippen LogP contribution in [0.15, 0.2) is 0 Å². The molecule has 7 nitrogen and oxygen atoms in total. The molecule has 110 valence electrons. The zero-order valence-electron chi connectivity index (χ0n) is 11.2. The summed E-state index contributed by atoms with van der Waals surface area (Å²) in [5.74, 6) is -1.39. The number of carbonyl (C=O) groups is 4. The van der Waals surface area contributed by atoms with Crippen molar-refractivity contribution < 1.29 is 24.3 Å². The summed E-state index contributed by atoms with van der Waals surface area (Å²) in [6, 6.07) is 0. The van der Waals surface area contributed by atoms with Gasteiger partial charge in [-0.05, 0) is 12.3 Å². The topological polar surface area (TPSA) is 95.0 Å². The molecule has 0 radical (unpaired) electrons. The second-order valence-electron chi connectivity index (χ2n) is 5.28. The fraction of sp³-hybridized carbons (Fsp3) is 0.692. The highest BCUT2D eigenvalue weighted by Crippen LogP contribution is 2.20. The SMILES string of the molecule is O=C(O)CC1CCN(C(=O)CCN2C(=O)CCC2=O)C1. The minimum atomic E-state index is -0.849. The highest BCUT2D eigenvalue weighted by molar-refractivity contribution is 6.02. The maximum absolute atomic E-state index is 12.0. The quantitative estimate of drug-likeness (QED) is 0.707. The average molecular weight is 282 g/mol. The van der Waals surface area contributed by atoms with Gasteiger partial charge in [0.15, 0.2) is 0 Å². The summed E-state index contributed by atoms with van der Waals surface area (Å²) in [5, 5.41) is 8.72. The molecule has 7 heteroatoms. The van der Waals surface area contributed by atoms with Crippen LogP contribution in [-0.2, 0) is 19.2 Å². The molecule has 2 rings (SSSR count). The van der Waals surface area contributed by atoms with Gasteiger partial charge in [-0.3, -0.25) is 24.1 Å². The Kier molecular flexibility index (Phi) is 4.36. The molecule has 2 aliphatic rings. The molecule has 0 spiro atoms. The lowest BCUT2D eigenvalue weighted by molar-refractivity contribution is -0.140. The van der Waals surface area contributed by atoms with E-state index in [1.165, 1.54) is 0 Å². The second kappa shape index (κ2) is 6.02. The number of nitrogens with zero attached hydrogens (tertiary/aromatic N) is 2. The van der Waals surface area contributed by atoms with Crippen LogP contribution in [0.3, 0.4) is 0 Å².